The lowest BCUT2D eigenvalue weighted by Crippen LogP contribution is -2.50. The van der Waals surface area contributed by atoms with E-state index in [2.05, 4.69) is 40.7 Å². The number of rotatable bonds is 4. The standard InChI is InChI=1S/C28H48O2/c1-25(2,3)28(6,30)15-7-8-19-10-12-23-22-11-9-20-18-21(29)13-16-27(20,5)24(22)14-17-26(19,23)4/h9,19,21-24,29-30H,7-8,10-18H2,1-6H3/t19-,21-,22-,23-,24-,26+,27-,28?/m0/s1. The molecule has 0 saturated heterocycles. The highest BCUT2D eigenvalue weighted by Gasteiger charge is 2.58. The van der Waals surface area contributed by atoms with Gasteiger partial charge in [0.05, 0.1) is 11.7 Å². The van der Waals surface area contributed by atoms with Crippen molar-refractivity contribution in [1.29, 1.82) is 0 Å². The smallest absolute Gasteiger partial charge is 0.0667 e. The van der Waals surface area contributed by atoms with Crippen LogP contribution < -0.4 is 0 Å². The van der Waals surface area contributed by atoms with Crippen molar-refractivity contribution in [3.8, 4) is 0 Å². The fourth-order valence-corrected chi connectivity index (χ4v) is 8.29. The zero-order chi connectivity index (χ0) is 21.9. The summed E-state index contributed by atoms with van der Waals surface area (Å²) in [6.07, 6.45) is 15.8. The third-order valence-corrected chi connectivity index (χ3v) is 11.1. The van der Waals surface area contributed by atoms with Crippen molar-refractivity contribution < 1.29 is 10.2 Å². The molecule has 2 nitrogen and oxygen atoms in total. The van der Waals surface area contributed by atoms with Crippen LogP contribution in [0.4, 0.5) is 0 Å². The molecule has 4 aliphatic rings. The second-order valence-electron chi connectivity index (χ2n) is 13.4. The molecular weight excluding hydrogens is 368 g/mol. The molecule has 2 N–H and O–H groups in total. The van der Waals surface area contributed by atoms with E-state index in [1.165, 1.54) is 44.9 Å². The Kier molecular flexibility index (Phi) is 5.80. The third kappa shape index (κ3) is 3.62. The quantitative estimate of drug-likeness (QED) is 0.490. The van der Waals surface area contributed by atoms with Crippen molar-refractivity contribution in [2.45, 2.75) is 124 Å². The van der Waals surface area contributed by atoms with Crippen molar-refractivity contribution in [1.82, 2.24) is 0 Å². The summed E-state index contributed by atoms with van der Waals surface area (Å²) in [5, 5.41) is 21.1. The number of fused-ring (bicyclic) bond motifs is 5. The zero-order valence-corrected chi connectivity index (χ0v) is 20.6. The second-order valence-corrected chi connectivity index (χ2v) is 13.4. The summed E-state index contributed by atoms with van der Waals surface area (Å²) in [4.78, 5) is 0. The Morgan fingerprint density at radius 2 is 1.73 bits per heavy atom. The third-order valence-electron chi connectivity index (χ3n) is 11.1. The molecule has 3 fully saturated rings. The topological polar surface area (TPSA) is 40.5 Å². The summed E-state index contributed by atoms with van der Waals surface area (Å²) in [5.41, 5.74) is 1.82. The van der Waals surface area contributed by atoms with E-state index < -0.39 is 5.60 Å². The molecule has 0 spiro atoms. The lowest BCUT2D eigenvalue weighted by atomic mass is 9.47. The summed E-state index contributed by atoms with van der Waals surface area (Å²) >= 11 is 0. The maximum Gasteiger partial charge on any atom is 0.0667 e. The molecule has 4 aliphatic carbocycles. The van der Waals surface area contributed by atoms with Crippen LogP contribution in [0.15, 0.2) is 11.6 Å². The highest BCUT2D eigenvalue weighted by atomic mass is 16.3. The molecule has 8 atom stereocenters. The molecule has 0 aromatic rings. The van der Waals surface area contributed by atoms with Gasteiger partial charge in [0, 0.05) is 0 Å². The summed E-state index contributed by atoms with van der Waals surface area (Å²) in [5.74, 6) is 3.41. The number of allylic oxidation sites excluding steroid dienone is 1. The van der Waals surface area contributed by atoms with Gasteiger partial charge < -0.3 is 10.2 Å². The molecular formula is C28H48O2. The Morgan fingerprint density at radius 3 is 2.43 bits per heavy atom. The van der Waals surface area contributed by atoms with Gasteiger partial charge in [0.1, 0.15) is 0 Å². The van der Waals surface area contributed by atoms with Gasteiger partial charge >= 0.3 is 0 Å². The van der Waals surface area contributed by atoms with Crippen LogP contribution >= 0.6 is 0 Å². The van der Waals surface area contributed by atoms with Gasteiger partial charge in [0.25, 0.3) is 0 Å². The van der Waals surface area contributed by atoms with E-state index >= 15 is 0 Å². The van der Waals surface area contributed by atoms with Crippen molar-refractivity contribution in [2.75, 3.05) is 0 Å². The molecule has 1 unspecified atom stereocenters. The molecule has 172 valence electrons. The summed E-state index contributed by atoms with van der Waals surface area (Å²) < 4.78 is 0. The Balaban J connectivity index is 1.44. The maximum atomic E-state index is 10.9. The molecule has 0 heterocycles. The molecule has 4 rings (SSSR count). The van der Waals surface area contributed by atoms with Crippen LogP contribution in [-0.2, 0) is 0 Å². The molecule has 2 heteroatoms. The lowest BCUT2D eigenvalue weighted by Gasteiger charge is -2.58. The molecule has 0 radical (unpaired) electrons. The SMILES string of the molecule is CC(C)(C)C(C)(O)CCC[C@H]1CC[C@H]2[C@@H]3CC=C4C[C@@H](O)CC[C@]4(C)[C@H]3CC[C@]12C. The molecule has 0 aromatic carbocycles. The van der Waals surface area contributed by atoms with Crippen LogP contribution in [0.3, 0.4) is 0 Å². The van der Waals surface area contributed by atoms with Gasteiger partial charge in [0.2, 0.25) is 0 Å². The van der Waals surface area contributed by atoms with Gasteiger partial charge in [-0.2, -0.15) is 0 Å². The van der Waals surface area contributed by atoms with E-state index in [9.17, 15) is 10.2 Å². The zero-order valence-electron chi connectivity index (χ0n) is 20.6. The summed E-state index contributed by atoms with van der Waals surface area (Å²) in [6, 6.07) is 0. The molecule has 0 amide bonds. The van der Waals surface area contributed by atoms with Crippen molar-refractivity contribution >= 4 is 0 Å². The van der Waals surface area contributed by atoms with Crippen molar-refractivity contribution in [3.63, 3.8) is 0 Å². The fraction of sp³-hybridized carbons (Fsp3) is 0.929. The first-order valence-corrected chi connectivity index (χ1v) is 13.0. The number of hydrogen-bond acceptors (Lipinski definition) is 2. The van der Waals surface area contributed by atoms with Gasteiger partial charge in [0.15, 0.2) is 0 Å². The van der Waals surface area contributed by atoms with Gasteiger partial charge in [-0.25, -0.2) is 0 Å². The average Bonchev–Trinajstić information content (AvgIpc) is 2.98. The van der Waals surface area contributed by atoms with Gasteiger partial charge in [-0.1, -0.05) is 52.7 Å². The van der Waals surface area contributed by atoms with E-state index in [0.29, 0.717) is 10.8 Å². The van der Waals surface area contributed by atoms with Crippen LogP contribution in [-0.4, -0.2) is 21.9 Å². The first-order valence-electron chi connectivity index (χ1n) is 13.0. The van der Waals surface area contributed by atoms with E-state index in [4.69, 9.17) is 0 Å². The van der Waals surface area contributed by atoms with Crippen LogP contribution in [0.25, 0.3) is 0 Å². The predicted molar refractivity (Wildman–Crippen MR) is 125 cm³/mol. The van der Waals surface area contributed by atoms with Crippen LogP contribution in [0.2, 0.25) is 0 Å². The van der Waals surface area contributed by atoms with Crippen LogP contribution in [0, 0.1) is 39.9 Å². The first kappa shape index (κ1) is 22.8. The normalized spacial score (nSPS) is 45.7. The minimum absolute atomic E-state index is 0.0532. The van der Waals surface area contributed by atoms with Crippen LogP contribution in [0.5, 0.6) is 0 Å². The molecule has 3 saturated carbocycles. The largest absolute Gasteiger partial charge is 0.393 e. The highest BCUT2D eigenvalue weighted by Crippen LogP contribution is 2.66. The Bertz CT molecular complexity index is 671. The van der Waals surface area contributed by atoms with Crippen molar-refractivity contribution in [2.24, 2.45) is 39.9 Å². The first-order chi connectivity index (χ1) is 13.9. The molecule has 0 aliphatic heterocycles. The van der Waals surface area contributed by atoms with Crippen molar-refractivity contribution in [3.05, 3.63) is 11.6 Å². The maximum absolute atomic E-state index is 10.9. The lowest BCUT2D eigenvalue weighted by molar-refractivity contribution is -0.0595. The average molecular weight is 417 g/mol. The molecule has 0 bridgehead atoms. The Labute approximate surface area is 185 Å². The summed E-state index contributed by atoms with van der Waals surface area (Å²) in [6.45, 7) is 13.7. The minimum Gasteiger partial charge on any atom is -0.393 e. The van der Waals surface area contributed by atoms with Crippen LogP contribution in [0.1, 0.15) is 112 Å². The second kappa shape index (κ2) is 7.62. The van der Waals surface area contributed by atoms with Gasteiger partial charge in [-0.3, -0.25) is 0 Å². The predicted octanol–water partition coefficient (Wildman–Crippen LogP) is 6.89. The number of aliphatic hydroxyl groups is 2. The monoisotopic (exact) mass is 416 g/mol. The van der Waals surface area contributed by atoms with E-state index in [1.54, 1.807) is 5.57 Å². The molecule has 0 aromatic heterocycles. The van der Waals surface area contributed by atoms with E-state index in [0.717, 1.165) is 49.4 Å². The highest BCUT2D eigenvalue weighted by molar-refractivity contribution is 5.25. The fourth-order valence-electron chi connectivity index (χ4n) is 8.29. The molecule has 30 heavy (non-hydrogen) atoms. The summed E-state index contributed by atoms with van der Waals surface area (Å²) in [7, 11) is 0. The van der Waals surface area contributed by atoms with E-state index in [-0.39, 0.29) is 11.5 Å². The van der Waals surface area contributed by atoms with Gasteiger partial charge in [-0.15, -0.1) is 0 Å². The number of hydrogen-bond donors (Lipinski definition) is 2. The van der Waals surface area contributed by atoms with Gasteiger partial charge in [-0.05, 0) is 111 Å². The Morgan fingerprint density at radius 1 is 1.00 bits per heavy atom. The van der Waals surface area contributed by atoms with E-state index in [1.807, 2.05) is 6.92 Å². The number of aliphatic hydroxyl groups excluding tert-OH is 1. The Hall–Kier alpha value is -0.340. The minimum atomic E-state index is -0.575.